The van der Waals surface area contributed by atoms with Gasteiger partial charge >= 0.3 is 0 Å². The van der Waals surface area contributed by atoms with Crippen molar-refractivity contribution in [1.29, 1.82) is 0 Å². The Morgan fingerprint density at radius 3 is 2.60 bits per heavy atom. The Balaban J connectivity index is 2.12. The lowest BCUT2D eigenvalue weighted by Gasteiger charge is -2.01. The van der Waals surface area contributed by atoms with Gasteiger partial charge in [0.15, 0.2) is 17.4 Å². The van der Waals surface area contributed by atoms with Gasteiger partial charge in [0.25, 0.3) is 0 Å². The van der Waals surface area contributed by atoms with Gasteiger partial charge in [-0.15, -0.1) is 0 Å². The Hall–Kier alpha value is -2.49. The summed E-state index contributed by atoms with van der Waals surface area (Å²) in [5.41, 5.74) is 2.44. The molecule has 1 aromatic heterocycles. The van der Waals surface area contributed by atoms with Crippen LogP contribution >= 0.6 is 0 Å². The van der Waals surface area contributed by atoms with E-state index < -0.39 is 11.6 Å². The highest BCUT2D eigenvalue weighted by Crippen LogP contribution is 2.23. The summed E-state index contributed by atoms with van der Waals surface area (Å²) in [6.45, 7) is 1.93. The minimum absolute atomic E-state index is 0.131. The highest BCUT2D eigenvalue weighted by molar-refractivity contribution is 6.16. The van der Waals surface area contributed by atoms with Gasteiger partial charge in [0.1, 0.15) is 0 Å². The molecule has 0 aliphatic heterocycles. The van der Waals surface area contributed by atoms with Gasteiger partial charge in [-0.05, 0) is 37.3 Å². The molecule has 2 aromatic carbocycles. The SMILES string of the molecule is Cc1ccc2[nH]cc(C(=O)c3ccc(F)c(F)c3)c2c1. The maximum absolute atomic E-state index is 13.2. The number of carbonyl (C=O) groups is 1. The van der Waals surface area contributed by atoms with E-state index in [9.17, 15) is 13.6 Å². The lowest BCUT2D eigenvalue weighted by atomic mass is 10.0. The van der Waals surface area contributed by atoms with Crippen LogP contribution in [0.5, 0.6) is 0 Å². The van der Waals surface area contributed by atoms with Gasteiger partial charge in [-0.25, -0.2) is 8.78 Å². The van der Waals surface area contributed by atoms with E-state index in [2.05, 4.69) is 4.98 Å². The van der Waals surface area contributed by atoms with Crippen LogP contribution in [-0.4, -0.2) is 10.8 Å². The number of aromatic nitrogens is 1. The fraction of sp³-hybridized carbons (Fsp3) is 0.0625. The van der Waals surface area contributed by atoms with Crippen molar-refractivity contribution in [2.24, 2.45) is 0 Å². The van der Waals surface area contributed by atoms with Crippen LogP contribution in [0.15, 0.2) is 42.6 Å². The first kappa shape index (κ1) is 12.5. The number of fused-ring (bicyclic) bond motifs is 1. The molecular formula is C16H11F2NO. The summed E-state index contributed by atoms with van der Waals surface area (Å²) in [5, 5.41) is 0.778. The average molecular weight is 271 g/mol. The number of rotatable bonds is 2. The summed E-state index contributed by atoms with van der Waals surface area (Å²) in [4.78, 5) is 15.4. The molecule has 3 rings (SSSR count). The number of hydrogen-bond acceptors (Lipinski definition) is 1. The number of aryl methyl sites for hydroxylation is 1. The second-order valence-electron chi connectivity index (χ2n) is 4.71. The summed E-state index contributed by atoms with van der Waals surface area (Å²) in [6, 6.07) is 8.88. The van der Waals surface area contributed by atoms with Crippen LogP contribution in [0.3, 0.4) is 0 Å². The summed E-state index contributed by atoms with van der Waals surface area (Å²) >= 11 is 0. The highest BCUT2D eigenvalue weighted by Gasteiger charge is 2.16. The Morgan fingerprint density at radius 1 is 1.05 bits per heavy atom. The van der Waals surface area contributed by atoms with Crippen molar-refractivity contribution in [3.8, 4) is 0 Å². The molecule has 0 saturated heterocycles. The number of hydrogen-bond donors (Lipinski definition) is 1. The molecule has 0 amide bonds. The molecule has 1 heterocycles. The number of benzene rings is 2. The molecule has 0 aliphatic carbocycles. The predicted octanol–water partition coefficient (Wildman–Crippen LogP) is 3.99. The zero-order valence-corrected chi connectivity index (χ0v) is 10.7. The van der Waals surface area contributed by atoms with Crippen LogP contribution in [0.1, 0.15) is 21.5 Å². The highest BCUT2D eigenvalue weighted by atomic mass is 19.2. The standard InChI is InChI=1S/C16H11F2NO/c1-9-2-5-15-11(6-9)12(8-19-15)16(20)10-3-4-13(17)14(18)7-10/h2-8,19H,1H3. The molecule has 4 heteroatoms. The molecule has 0 bridgehead atoms. The molecular weight excluding hydrogens is 260 g/mol. The van der Waals surface area contributed by atoms with Crippen molar-refractivity contribution < 1.29 is 13.6 Å². The first-order valence-corrected chi connectivity index (χ1v) is 6.14. The van der Waals surface area contributed by atoms with Crippen molar-refractivity contribution in [3.63, 3.8) is 0 Å². The number of ketones is 1. The third kappa shape index (κ3) is 1.99. The quantitative estimate of drug-likeness (QED) is 0.702. The monoisotopic (exact) mass is 271 g/mol. The van der Waals surface area contributed by atoms with Gasteiger partial charge in [-0.2, -0.15) is 0 Å². The van der Waals surface area contributed by atoms with Gasteiger partial charge in [-0.1, -0.05) is 11.6 Å². The zero-order chi connectivity index (χ0) is 14.3. The van der Waals surface area contributed by atoms with Crippen LogP contribution in [0.2, 0.25) is 0 Å². The molecule has 1 N–H and O–H groups in total. The van der Waals surface area contributed by atoms with Gasteiger partial charge in [0.05, 0.1) is 0 Å². The fourth-order valence-electron chi connectivity index (χ4n) is 2.22. The minimum Gasteiger partial charge on any atom is -0.360 e. The molecule has 0 saturated carbocycles. The van der Waals surface area contributed by atoms with E-state index in [1.54, 1.807) is 6.20 Å². The Bertz CT molecular complexity index is 820. The van der Waals surface area contributed by atoms with Crippen LogP contribution in [0.4, 0.5) is 8.78 Å². The first-order chi connectivity index (χ1) is 9.56. The van der Waals surface area contributed by atoms with Crippen molar-refractivity contribution in [2.75, 3.05) is 0 Å². The Morgan fingerprint density at radius 2 is 1.85 bits per heavy atom. The van der Waals surface area contributed by atoms with E-state index in [4.69, 9.17) is 0 Å². The lowest BCUT2D eigenvalue weighted by molar-refractivity contribution is 0.104. The van der Waals surface area contributed by atoms with E-state index in [0.29, 0.717) is 5.56 Å². The van der Waals surface area contributed by atoms with Crippen LogP contribution < -0.4 is 0 Å². The van der Waals surface area contributed by atoms with Crippen molar-refractivity contribution in [1.82, 2.24) is 4.98 Å². The smallest absolute Gasteiger partial charge is 0.195 e. The number of nitrogens with one attached hydrogen (secondary N) is 1. The van der Waals surface area contributed by atoms with E-state index in [-0.39, 0.29) is 11.3 Å². The average Bonchev–Trinajstić information content (AvgIpc) is 2.84. The van der Waals surface area contributed by atoms with Crippen molar-refractivity contribution in [2.45, 2.75) is 6.92 Å². The van der Waals surface area contributed by atoms with Gasteiger partial charge < -0.3 is 4.98 Å². The first-order valence-electron chi connectivity index (χ1n) is 6.14. The van der Waals surface area contributed by atoms with Crippen LogP contribution in [0.25, 0.3) is 10.9 Å². The van der Waals surface area contributed by atoms with Gasteiger partial charge in [0, 0.05) is 28.2 Å². The summed E-state index contributed by atoms with van der Waals surface area (Å²) in [5.74, 6) is -2.32. The second kappa shape index (κ2) is 4.56. The largest absolute Gasteiger partial charge is 0.360 e. The molecule has 0 spiro atoms. The topological polar surface area (TPSA) is 32.9 Å². The van der Waals surface area contributed by atoms with Gasteiger partial charge in [-0.3, -0.25) is 4.79 Å². The molecule has 0 aliphatic rings. The molecule has 2 nitrogen and oxygen atoms in total. The maximum atomic E-state index is 13.2. The number of halogens is 2. The molecule has 3 aromatic rings. The number of H-pyrrole nitrogens is 1. The van der Waals surface area contributed by atoms with E-state index >= 15 is 0 Å². The molecule has 100 valence electrons. The molecule has 20 heavy (non-hydrogen) atoms. The number of carbonyl (C=O) groups excluding carboxylic acids is 1. The number of aromatic amines is 1. The van der Waals surface area contributed by atoms with Crippen molar-refractivity contribution in [3.05, 3.63) is 70.9 Å². The lowest BCUT2D eigenvalue weighted by Crippen LogP contribution is -2.01. The van der Waals surface area contributed by atoms with E-state index in [0.717, 1.165) is 28.6 Å². The molecule has 0 unspecified atom stereocenters. The van der Waals surface area contributed by atoms with E-state index in [1.807, 2.05) is 25.1 Å². The molecule has 0 fully saturated rings. The minimum atomic E-state index is -1.02. The Labute approximate surface area is 114 Å². The maximum Gasteiger partial charge on any atom is 0.195 e. The third-order valence-corrected chi connectivity index (χ3v) is 3.26. The molecule has 0 atom stereocenters. The zero-order valence-electron chi connectivity index (χ0n) is 10.7. The third-order valence-electron chi connectivity index (χ3n) is 3.26. The van der Waals surface area contributed by atoms with Crippen molar-refractivity contribution >= 4 is 16.7 Å². The summed E-state index contributed by atoms with van der Waals surface area (Å²) in [7, 11) is 0. The van der Waals surface area contributed by atoms with Crippen LogP contribution in [0, 0.1) is 18.6 Å². The van der Waals surface area contributed by atoms with Crippen LogP contribution in [-0.2, 0) is 0 Å². The predicted molar refractivity (Wildman–Crippen MR) is 72.8 cm³/mol. The Kier molecular flexibility index (Phi) is 2.86. The second-order valence-corrected chi connectivity index (χ2v) is 4.71. The van der Waals surface area contributed by atoms with E-state index in [1.165, 1.54) is 6.07 Å². The fourth-order valence-corrected chi connectivity index (χ4v) is 2.22. The normalized spacial score (nSPS) is 10.9. The van der Waals surface area contributed by atoms with Gasteiger partial charge in [0.2, 0.25) is 0 Å². The summed E-state index contributed by atoms with van der Waals surface area (Å²) < 4.78 is 26.1. The molecule has 0 radical (unpaired) electrons. The summed E-state index contributed by atoms with van der Waals surface area (Å²) in [6.07, 6.45) is 1.59.